The summed E-state index contributed by atoms with van der Waals surface area (Å²) in [6.07, 6.45) is 3.79. The third-order valence-electron chi connectivity index (χ3n) is 4.59. The van der Waals surface area contributed by atoms with Gasteiger partial charge >= 0.3 is 0 Å². The van der Waals surface area contributed by atoms with Crippen molar-refractivity contribution in [2.75, 3.05) is 6.54 Å². The van der Waals surface area contributed by atoms with Crippen LogP contribution in [0.25, 0.3) is 4.85 Å². The lowest BCUT2D eigenvalue weighted by molar-refractivity contribution is 0.0326. The van der Waals surface area contributed by atoms with Gasteiger partial charge < -0.3 is 4.74 Å². The number of ether oxygens (including phenoxy) is 1. The zero-order chi connectivity index (χ0) is 20.4. The third-order valence-corrected chi connectivity index (χ3v) is 6.13. The van der Waals surface area contributed by atoms with Gasteiger partial charge in [0.15, 0.2) is 5.69 Å². The summed E-state index contributed by atoms with van der Waals surface area (Å²) in [5.74, 6) is -0.313. The number of hydrogen-bond acceptors (Lipinski definition) is 2. The van der Waals surface area contributed by atoms with Crippen molar-refractivity contribution in [1.29, 1.82) is 0 Å². The molecular weight excluding hydrogens is 375 g/mol. The van der Waals surface area contributed by atoms with E-state index in [4.69, 9.17) is 11.3 Å². The van der Waals surface area contributed by atoms with Crippen molar-refractivity contribution in [2.45, 2.75) is 37.7 Å². The minimum Gasteiger partial charge on any atom is -0.357 e. The van der Waals surface area contributed by atoms with Crippen LogP contribution in [0.5, 0.6) is 0 Å². The van der Waals surface area contributed by atoms with Crippen LogP contribution in [0.15, 0.2) is 54.6 Å². The molecule has 1 N–H and O–H groups in total. The lowest BCUT2D eigenvalue weighted by Gasteiger charge is -2.27. The molecule has 0 amide bonds. The predicted octanol–water partition coefficient (Wildman–Crippen LogP) is 4.76. The number of nitrogens with zero attached hydrogens (tertiary/aromatic N) is 1. The Labute approximate surface area is 167 Å². The first-order valence-corrected chi connectivity index (χ1v) is 10.2. The molecular formula is C22H23FN2O2S. The average Bonchev–Trinajstić information content (AvgIpc) is 3.03. The van der Waals surface area contributed by atoms with Crippen LogP contribution in [-0.4, -0.2) is 15.5 Å². The molecule has 0 radical (unpaired) electrons. The zero-order valence-electron chi connectivity index (χ0n) is 16.2. The highest BCUT2D eigenvalue weighted by atomic mass is 32.2. The summed E-state index contributed by atoms with van der Waals surface area (Å²) < 4.78 is 34.5. The Morgan fingerprint density at radius 3 is 2.64 bits per heavy atom. The van der Waals surface area contributed by atoms with Gasteiger partial charge in [0.1, 0.15) is 11.4 Å². The summed E-state index contributed by atoms with van der Waals surface area (Å²) in [5.41, 5.74) is 2.36. The zero-order valence-corrected chi connectivity index (χ0v) is 17.0. The second-order valence-electron chi connectivity index (χ2n) is 7.62. The Kier molecular flexibility index (Phi) is 5.80. The molecule has 4 nitrogen and oxygen atoms in total. The Bertz CT molecular complexity index is 958. The Morgan fingerprint density at radius 1 is 1.29 bits per heavy atom. The molecule has 146 valence electrons. The second kappa shape index (κ2) is 7.96. The van der Waals surface area contributed by atoms with E-state index < -0.39 is 16.6 Å². The lowest BCUT2D eigenvalue weighted by Crippen LogP contribution is -2.33. The van der Waals surface area contributed by atoms with Crippen LogP contribution in [0, 0.1) is 12.4 Å². The second-order valence-corrected chi connectivity index (χ2v) is 9.67. The summed E-state index contributed by atoms with van der Waals surface area (Å²) in [6.45, 7) is 13.7. The third kappa shape index (κ3) is 4.07. The fraction of sp³-hybridized carbons (Fsp3) is 0.318. The quantitative estimate of drug-likeness (QED) is 0.583. The highest BCUT2D eigenvalue weighted by molar-refractivity contribution is 7.84. The van der Waals surface area contributed by atoms with Gasteiger partial charge in [-0.3, -0.25) is 0 Å². The molecule has 6 heteroatoms. The van der Waals surface area contributed by atoms with E-state index in [0.717, 1.165) is 16.7 Å². The van der Waals surface area contributed by atoms with Crippen molar-refractivity contribution >= 4 is 16.7 Å². The topological polar surface area (TPSA) is 42.7 Å². The number of nitrogens with one attached hydrogen (secondary N) is 1. The van der Waals surface area contributed by atoms with Gasteiger partial charge in [0.25, 0.3) is 0 Å². The van der Waals surface area contributed by atoms with E-state index in [1.165, 1.54) is 12.1 Å². The van der Waals surface area contributed by atoms with Crippen molar-refractivity contribution in [3.63, 3.8) is 0 Å². The van der Waals surface area contributed by atoms with Crippen LogP contribution in [0.4, 0.5) is 10.1 Å². The molecule has 2 atom stereocenters. The molecule has 2 aromatic carbocycles. The van der Waals surface area contributed by atoms with E-state index in [0.29, 0.717) is 18.8 Å². The molecule has 0 aliphatic carbocycles. The number of hydrogen-bond donors (Lipinski definition) is 1. The van der Waals surface area contributed by atoms with Gasteiger partial charge in [-0.05, 0) is 55.7 Å². The van der Waals surface area contributed by atoms with Crippen molar-refractivity contribution in [1.82, 2.24) is 4.72 Å². The average molecular weight is 399 g/mol. The Balaban J connectivity index is 1.95. The molecule has 1 aliphatic rings. The maximum Gasteiger partial charge on any atom is 0.187 e. The number of benzene rings is 2. The van der Waals surface area contributed by atoms with Crippen molar-refractivity contribution in [3.05, 3.63) is 88.5 Å². The van der Waals surface area contributed by atoms with Crippen molar-refractivity contribution < 1.29 is 13.3 Å². The maximum atomic E-state index is 13.5. The normalized spacial score (nSPS) is 20.1. The molecule has 0 bridgehead atoms. The van der Waals surface area contributed by atoms with E-state index in [1.54, 1.807) is 18.2 Å². The Morgan fingerprint density at radius 2 is 2.00 bits per heavy atom. The summed E-state index contributed by atoms with van der Waals surface area (Å²) in [7, 11) is -1.18. The SMILES string of the molecule is [C-]#[N+]c1ccc2c(c1)COC2(C=CCNS(=O)C(C)(C)C)c1ccc(F)cc1. The molecule has 0 spiro atoms. The highest BCUT2D eigenvalue weighted by Crippen LogP contribution is 2.44. The summed E-state index contributed by atoms with van der Waals surface area (Å²) in [5, 5.41) is 0. The first-order valence-electron chi connectivity index (χ1n) is 9.00. The van der Waals surface area contributed by atoms with Crippen LogP contribution in [-0.2, 0) is 27.9 Å². The van der Waals surface area contributed by atoms with Gasteiger partial charge in [-0.25, -0.2) is 18.2 Å². The molecule has 0 aromatic heterocycles. The molecule has 1 aliphatic heterocycles. The van der Waals surface area contributed by atoms with Crippen molar-refractivity contribution in [3.8, 4) is 0 Å². The van der Waals surface area contributed by atoms with Gasteiger partial charge in [-0.15, -0.1) is 0 Å². The van der Waals surface area contributed by atoms with Crippen LogP contribution in [0.1, 0.15) is 37.5 Å². The molecule has 0 saturated heterocycles. The van der Waals surface area contributed by atoms with Gasteiger partial charge in [0.2, 0.25) is 0 Å². The van der Waals surface area contributed by atoms with Crippen LogP contribution in [0.3, 0.4) is 0 Å². The fourth-order valence-electron chi connectivity index (χ4n) is 3.14. The van der Waals surface area contributed by atoms with Crippen LogP contribution < -0.4 is 4.72 Å². The fourth-order valence-corrected chi connectivity index (χ4v) is 3.82. The first kappa shape index (κ1) is 20.4. The van der Waals surface area contributed by atoms with Gasteiger partial charge in [0.05, 0.1) is 28.9 Å². The maximum absolute atomic E-state index is 13.5. The Hall–Kier alpha value is -2.33. The van der Waals surface area contributed by atoms with E-state index in [-0.39, 0.29) is 10.6 Å². The molecule has 2 unspecified atom stereocenters. The lowest BCUT2D eigenvalue weighted by atomic mass is 9.85. The van der Waals surface area contributed by atoms with Crippen LogP contribution >= 0.6 is 0 Å². The predicted molar refractivity (Wildman–Crippen MR) is 110 cm³/mol. The summed E-state index contributed by atoms with van der Waals surface area (Å²) >= 11 is 0. The number of fused-ring (bicyclic) bond motifs is 1. The molecule has 1 heterocycles. The standard InChI is InChI=1S/C22H23FN2O2S/c1-21(2,3)28(26)25-13-5-12-22(17-6-8-18(23)9-7-17)20-11-10-19(24-4)14-16(20)15-27-22/h5-12,14,25H,13,15H2,1-3H3. The van der Waals surface area contributed by atoms with Gasteiger partial charge in [-0.1, -0.05) is 36.4 Å². The molecule has 2 aromatic rings. The summed E-state index contributed by atoms with van der Waals surface area (Å²) in [6, 6.07) is 11.7. The molecule has 3 rings (SSSR count). The van der Waals surface area contributed by atoms with E-state index >= 15 is 0 Å². The van der Waals surface area contributed by atoms with Crippen molar-refractivity contribution in [2.24, 2.45) is 0 Å². The van der Waals surface area contributed by atoms with E-state index in [9.17, 15) is 8.60 Å². The molecule has 28 heavy (non-hydrogen) atoms. The van der Waals surface area contributed by atoms with E-state index in [2.05, 4.69) is 9.57 Å². The highest BCUT2D eigenvalue weighted by Gasteiger charge is 2.39. The van der Waals surface area contributed by atoms with Gasteiger partial charge in [-0.2, -0.15) is 0 Å². The monoisotopic (exact) mass is 398 g/mol. The van der Waals surface area contributed by atoms with Crippen LogP contribution in [0.2, 0.25) is 0 Å². The number of halogens is 1. The minimum atomic E-state index is -1.18. The first-order chi connectivity index (χ1) is 13.3. The minimum absolute atomic E-state index is 0.313. The smallest absolute Gasteiger partial charge is 0.187 e. The summed E-state index contributed by atoms with van der Waals surface area (Å²) in [4.78, 5) is 3.48. The van der Waals surface area contributed by atoms with Gasteiger partial charge in [0, 0.05) is 6.54 Å². The number of rotatable bonds is 5. The largest absolute Gasteiger partial charge is 0.357 e. The van der Waals surface area contributed by atoms with E-state index in [1.807, 2.05) is 45.1 Å². The molecule has 0 fully saturated rings. The molecule has 0 saturated carbocycles.